The number of ether oxygens (including phenoxy) is 1. The zero-order valence-electron chi connectivity index (χ0n) is 27.4. The van der Waals surface area contributed by atoms with Crippen molar-refractivity contribution < 1.29 is 45.8 Å². The number of rotatable bonds is 12. The fraction of sp³-hybridized carbons (Fsp3) is 0.914. The molecule has 4 rings (SSSR count). The van der Waals surface area contributed by atoms with Crippen LogP contribution in [0.1, 0.15) is 131 Å². The summed E-state index contributed by atoms with van der Waals surface area (Å²) in [7, 11) is 0. The van der Waals surface area contributed by atoms with Gasteiger partial charge in [-0.15, -0.1) is 0 Å². The lowest BCUT2D eigenvalue weighted by Crippen LogP contribution is -3.00. The molecule has 10 atom stereocenters. The van der Waals surface area contributed by atoms with E-state index in [1.54, 1.807) is 5.57 Å². The largest absolute Gasteiger partial charge is 1.00 e. The normalized spacial score (nSPS) is 36.4. The molecule has 0 aliphatic heterocycles. The van der Waals surface area contributed by atoms with E-state index in [0.29, 0.717) is 10.8 Å². The number of carbonyl (C=O) groups is 1. The van der Waals surface area contributed by atoms with Crippen molar-refractivity contribution in [2.75, 3.05) is 6.54 Å². The first kappa shape index (κ1) is 36.9. The molecule has 0 aromatic rings. The third kappa shape index (κ3) is 7.69. The van der Waals surface area contributed by atoms with Gasteiger partial charge in [0.1, 0.15) is 6.10 Å². The number of allylic oxidation sites excluding steroid dienone is 1. The molecule has 0 amide bonds. The maximum absolute atomic E-state index is 12.7. The molecule has 240 valence electrons. The molecule has 0 aromatic heterocycles. The lowest BCUT2D eigenvalue weighted by molar-refractivity contribution is -0.411. The highest BCUT2D eigenvalue weighted by molar-refractivity contribution is 5.74. The predicted octanol–water partition coefficient (Wildman–Crippen LogP) is 0.606. The highest BCUT2D eigenvalue weighted by atomic mass is 35.5. The molecule has 0 aromatic carbocycles. The standard InChI is InChI=1S/C35H62N2O2.2ClH/c1-7-25(23(2)3)12-11-24(4)29-15-16-30-28-14-13-26-22-27(39-33(38)32(37)10-8-9-21-36)17-19-34(26,5)31(28)18-20-35(29,30)6;;/h13,23-25,27-32H,7-12,14-22,36-37H2,1-6H3;2*1H/t24-,25-,27+,28+,29-,30+,31+,32+,34+,35-;;/m1../s1. The van der Waals surface area contributed by atoms with Crippen LogP contribution in [0.5, 0.6) is 0 Å². The van der Waals surface area contributed by atoms with Crippen LogP contribution in [0.4, 0.5) is 0 Å². The Balaban J connectivity index is 0.00000294. The van der Waals surface area contributed by atoms with Crippen LogP contribution < -0.4 is 36.3 Å². The minimum Gasteiger partial charge on any atom is -1.00 e. The molecule has 4 nitrogen and oxygen atoms in total. The smallest absolute Gasteiger partial charge is 0.365 e. The molecule has 0 heterocycles. The lowest BCUT2D eigenvalue weighted by atomic mass is 9.47. The van der Waals surface area contributed by atoms with E-state index in [-0.39, 0.29) is 42.9 Å². The van der Waals surface area contributed by atoms with Gasteiger partial charge in [0.05, 0.1) is 6.54 Å². The van der Waals surface area contributed by atoms with Crippen molar-refractivity contribution >= 4 is 5.97 Å². The number of carbonyl (C=O) groups excluding carboxylic acids is 1. The number of esters is 1. The van der Waals surface area contributed by atoms with Crippen molar-refractivity contribution in [1.82, 2.24) is 0 Å². The monoisotopic (exact) mass is 614 g/mol. The Morgan fingerprint density at radius 3 is 2.39 bits per heavy atom. The number of unbranched alkanes of at least 4 members (excludes halogenated alkanes) is 1. The van der Waals surface area contributed by atoms with Gasteiger partial charge < -0.3 is 41.0 Å². The predicted molar refractivity (Wildman–Crippen MR) is 160 cm³/mol. The maximum Gasteiger partial charge on any atom is 0.365 e. The molecule has 0 bridgehead atoms. The van der Waals surface area contributed by atoms with Crippen LogP contribution in [0.25, 0.3) is 0 Å². The molecular weight excluding hydrogens is 551 g/mol. The van der Waals surface area contributed by atoms with Gasteiger partial charge in [-0.25, -0.2) is 4.79 Å². The Hall–Kier alpha value is -0.290. The first-order chi connectivity index (χ1) is 18.5. The zero-order chi connectivity index (χ0) is 28.4. The van der Waals surface area contributed by atoms with Gasteiger partial charge in [0.15, 0.2) is 6.04 Å². The summed E-state index contributed by atoms with van der Waals surface area (Å²) in [6.45, 7) is 16.0. The second kappa shape index (κ2) is 15.6. The Morgan fingerprint density at radius 1 is 1.00 bits per heavy atom. The number of hydrogen-bond acceptors (Lipinski definition) is 2. The van der Waals surface area contributed by atoms with E-state index in [1.165, 1.54) is 57.8 Å². The van der Waals surface area contributed by atoms with Crippen LogP contribution in [-0.2, 0) is 9.53 Å². The molecule has 3 saturated carbocycles. The molecule has 41 heavy (non-hydrogen) atoms. The van der Waals surface area contributed by atoms with Crippen LogP contribution >= 0.6 is 0 Å². The third-order valence-corrected chi connectivity index (χ3v) is 12.9. The van der Waals surface area contributed by atoms with Gasteiger partial charge in [-0.3, -0.25) is 0 Å². The number of fused-ring (bicyclic) bond motifs is 5. The van der Waals surface area contributed by atoms with Gasteiger partial charge in [0, 0.05) is 12.8 Å². The summed E-state index contributed by atoms with van der Waals surface area (Å²) in [6.07, 6.45) is 19.9. The average Bonchev–Trinajstić information content (AvgIpc) is 3.26. The van der Waals surface area contributed by atoms with Gasteiger partial charge in [0.25, 0.3) is 0 Å². The summed E-state index contributed by atoms with van der Waals surface area (Å²) in [4.78, 5) is 12.7. The molecule has 3 fully saturated rings. The van der Waals surface area contributed by atoms with Crippen molar-refractivity contribution in [2.24, 2.45) is 52.3 Å². The van der Waals surface area contributed by atoms with Gasteiger partial charge in [-0.05, 0) is 116 Å². The van der Waals surface area contributed by atoms with Gasteiger partial charge >= 0.3 is 5.97 Å². The molecule has 0 spiro atoms. The maximum atomic E-state index is 12.7. The second-order valence-electron chi connectivity index (χ2n) is 15.3. The van der Waals surface area contributed by atoms with Crippen molar-refractivity contribution in [3.63, 3.8) is 0 Å². The molecule has 4 aliphatic carbocycles. The number of hydrogen-bond donors (Lipinski definition) is 2. The summed E-state index contributed by atoms with van der Waals surface area (Å²) in [5.74, 6) is 5.95. The average molecular weight is 616 g/mol. The first-order valence-corrected chi connectivity index (χ1v) is 17.1. The van der Waals surface area contributed by atoms with E-state index in [0.717, 1.165) is 80.1 Å². The highest BCUT2D eigenvalue weighted by Crippen LogP contribution is 2.67. The minimum atomic E-state index is -0.235. The van der Waals surface area contributed by atoms with Gasteiger partial charge in [-0.2, -0.15) is 0 Å². The molecule has 6 heteroatoms. The zero-order valence-corrected chi connectivity index (χ0v) is 28.9. The summed E-state index contributed by atoms with van der Waals surface area (Å²) in [5.41, 5.74) is 10.5. The van der Waals surface area contributed by atoms with E-state index in [4.69, 9.17) is 4.74 Å². The van der Waals surface area contributed by atoms with Crippen molar-refractivity contribution in [3.8, 4) is 0 Å². The van der Waals surface area contributed by atoms with Crippen LogP contribution in [0.15, 0.2) is 11.6 Å². The van der Waals surface area contributed by atoms with Gasteiger partial charge in [0.2, 0.25) is 0 Å². The lowest BCUT2D eigenvalue weighted by Gasteiger charge is -2.58. The molecule has 4 aliphatic rings. The van der Waals surface area contributed by atoms with Gasteiger partial charge in [-0.1, -0.05) is 66.0 Å². The van der Waals surface area contributed by atoms with Crippen LogP contribution in [0.3, 0.4) is 0 Å². The Kier molecular flexibility index (Phi) is 14.1. The van der Waals surface area contributed by atoms with E-state index in [1.807, 2.05) is 0 Å². The first-order valence-electron chi connectivity index (χ1n) is 17.1. The summed E-state index contributed by atoms with van der Waals surface area (Å²) < 4.78 is 6.04. The highest BCUT2D eigenvalue weighted by Gasteiger charge is 2.59. The number of quaternary nitrogens is 2. The molecule has 6 N–H and O–H groups in total. The molecule has 0 unspecified atom stereocenters. The quantitative estimate of drug-likeness (QED) is 0.192. The topological polar surface area (TPSA) is 81.6 Å². The summed E-state index contributed by atoms with van der Waals surface area (Å²) >= 11 is 0. The Morgan fingerprint density at radius 2 is 1.73 bits per heavy atom. The van der Waals surface area contributed by atoms with Crippen molar-refractivity contribution in [1.29, 1.82) is 0 Å². The molecule has 0 radical (unpaired) electrons. The van der Waals surface area contributed by atoms with E-state index < -0.39 is 0 Å². The van der Waals surface area contributed by atoms with E-state index >= 15 is 0 Å². The van der Waals surface area contributed by atoms with Crippen LogP contribution in [0, 0.1) is 52.3 Å². The van der Waals surface area contributed by atoms with Crippen molar-refractivity contribution in [2.45, 2.75) is 144 Å². The number of halogens is 2. The van der Waals surface area contributed by atoms with Crippen molar-refractivity contribution in [3.05, 3.63) is 11.6 Å². The van der Waals surface area contributed by atoms with Crippen LogP contribution in [0.2, 0.25) is 0 Å². The fourth-order valence-corrected chi connectivity index (χ4v) is 10.3. The summed E-state index contributed by atoms with van der Waals surface area (Å²) in [5, 5.41) is 0. The third-order valence-electron chi connectivity index (χ3n) is 12.9. The fourth-order valence-electron chi connectivity index (χ4n) is 10.3. The minimum absolute atomic E-state index is 0. The summed E-state index contributed by atoms with van der Waals surface area (Å²) in [6, 6.07) is -0.235. The molecule has 0 saturated heterocycles. The van der Waals surface area contributed by atoms with E-state index in [2.05, 4.69) is 59.1 Å². The SMILES string of the molecule is CC[C@H](CC[C@@H](C)[C@H]1CC[C@H]2[C@@H]3CC=C4C[C@@H](OC(=O)[C@@H]([NH3+])CCCC[NH3+])CC[C@]4(C)[C@H]3CC[C@]12C)C(C)C.[Cl-].[Cl-]. The van der Waals surface area contributed by atoms with E-state index in [9.17, 15) is 4.79 Å². The Labute approximate surface area is 265 Å². The Bertz CT molecular complexity index is 865. The van der Waals surface area contributed by atoms with Crippen LogP contribution in [-0.4, -0.2) is 24.7 Å². The molecular formula is C35H64Cl2N2O2. The second-order valence-corrected chi connectivity index (χ2v) is 15.3.